The lowest BCUT2D eigenvalue weighted by molar-refractivity contribution is 0.414. The van der Waals surface area contributed by atoms with Crippen molar-refractivity contribution in [3.8, 4) is 5.75 Å². The summed E-state index contributed by atoms with van der Waals surface area (Å²) in [5.41, 5.74) is 3.12. The van der Waals surface area contributed by atoms with E-state index in [1.807, 2.05) is 24.3 Å². The van der Waals surface area contributed by atoms with Gasteiger partial charge in [-0.15, -0.1) is 0 Å². The van der Waals surface area contributed by atoms with Gasteiger partial charge in [0.15, 0.2) is 0 Å². The van der Waals surface area contributed by atoms with Crippen LogP contribution in [0.5, 0.6) is 5.75 Å². The van der Waals surface area contributed by atoms with Gasteiger partial charge < -0.3 is 14.6 Å². The predicted octanol–water partition coefficient (Wildman–Crippen LogP) is 3.45. The summed E-state index contributed by atoms with van der Waals surface area (Å²) in [6.45, 7) is 3.03. The number of rotatable bonds is 3. The molecule has 4 rings (SSSR count). The van der Waals surface area contributed by atoms with E-state index in [1.165, 1.54) is 11.3 Å². The highest BCUT2D eigenvalue weighted by atomic mass is 16.5. The van der Waals surface area contributed by atoms with Crippen LogP contribution in [0.4, 0.5) is 5.69 Å². The number of hydrogen-bond donors (Lipinski definition) is 1. The number of ether oxygens (including phenoxy) is 1. The number of benzene rings is 2. The molecule has 0 aliphatic carbocycles. The van der Waals surface area contributed by atoms with Crippen LogP contribution in [-0.4, -0.2) is 23.6 Å². The van der Waals surface area contributed by atoms with Gasteiger partial charge in [0.05, 0.1) is 24.1 Å². The SMILES string of the molecule is COc1ccc2c(c1)CCCN2C(C)c1nc2ccccc2c(=O)[nH]1. The Labute approximate surface area is 146 Å². The van der Waals surface area contributed by atoms with E-state index in [2.05, 4.69) is 28.9 Å². The molecule has 1 atom stereocenters. The maximum absolute atomic E-state index is 12.4. The molecule has 128 valence electrons. The van der Waals surface area contributed by atoms with Gasteiger partial charge in [0.2, 0.25) is 0 Å². The van der Waals surface area contributed by atoms with Crippen molar-refractivity contribution >= 4 is 16.6 Å². The Morgan fingerprint density at radius 1 is 1.24 bits per heavy atom. The monoisotopic (exact) mass is 335 g/mol. The van der Waals surface area contributed by atoms with E-state index in [4.69, 9.17) is 9.72 Å². The second-order valence-corrected chi connectivity index (χ2v) is 6.44. The lowest BCUT2D eigenvalue weighted by Gasteiger charge is -2.35. The first-order chi connectivity index (χ1) is 12.2. The fourth-order valence-electron chi connectivity index (χ4n) is 3.58. The summed E-state index contributed by atoms with van der Waals surface area (Å²) in [6, 6.07) is 13.6. The fourth-order valence-corrected chi connectivity index (χ4v) is 3.58. The van der Waals surface area contributed by atoms with Crippen molar-refractivity contribution in [3.05, 3.63) is 64.2 Å². The summed E-state index contributed by atoms with van der Waals surface area (Å²) in [5.74, 6) is 1.58. The number of aromatic nitrogens is 2. The third-order valence-electron chi connectivity index (χ3n) is 4.94. The molecule has 25 heavy (non-hydrogen) atoms. The van der Waals surface area contributed by atoms with E-state index >= 15 is 0 Å². The van der Waals surface area contributed by atoms with E-state index in [0.29, 0.717) is 11.2 Å². The molecule has 2 aromatic carbocycles. The molecule has 0 saturated heterocycles. The van der Waals surface area contributed by atoms with Crippen molar-refractivity contribution in [2.24, 2.45) is 0 Å². The summed E-state index contributed by atoms with van der Waals surface area (Å²) in [5, 5.41) is 0.627. The number of para-hydroxylation sites is 1. The van der Waals surface area contributed by atoms with Gasteiger partial charge in [-0.3, -0.25) is 4.79 Å². The molecular formula is C20H21N3O2. The molecule has 0 spiro atoms. The highest BCUT2D eigenvalue weighted by Gasteiger charge is 2.24. The van der Waals surface area contributed by atoms with Gasteiger partial charge >= 0.3 is 0 Å². The number of methoxy groups -OCH3 is 1. The van der Waals surface area contributed by atoms with Gasteiger partial charge in [-0.25, -0.2) is 4.98 Å². The Balaban J connectivity index is 1.75. The van der Waals surface area contributed by atoms with E-state index < -0.39 is 0 Å². The average molecular weight is 335 g/mol. The van der Waals surface area contributed by atoms with Crippen molar-refractivity contribution in [2.45, 2.75) is 25.8 Å². The lowest BCUT2D eigenvalue weighted by Crippen LogP contribution is -2.34. The zero-order chi connectivity index (χ0) is 17.4. The lowest BCUT2D eigenvalue weighted by atomic mass is 9.99. The van der Waals surface area contributed by atoms with Gasteiger partial charge in [0.25, 0.3) is 5.56 Å². The summed E-state index contributed by atoms with van der Waals surface area (Å²) < 4.78 is 5.35. The van der Waals surface area contributed by atoms with E-state index in [1.54, 1.807) is 13.2 Å². The van der Waals surface area contributed by atoms with Gasteiger partial charge in [-0.2, -0.15) is 0 Å². The molecule has 0 amide bonds. The molecule has 1 aliphatic heterocycles. The molecule has 0 radical (unpaired) electrons. The zero-order valence-electron chi connectivity index (χ0n) is 14.5. The zero-order valence-corrected chi connectivity index (χ0v) is 14.5. The molecule has 2 heterocycles. The minimum Gasteiger partial charge on any atom is -0.497 e. The highest BCUT2D eigenvalue weighted by molar-refractivity contribution is 5.77. The number of aromatic amines is 1. The number of nitrogens with one attached hydrogen (secondary N) is 1. The third kappa shape index (κ3) is 2.76. The van der Waals surface area contributed by atoms with Crippen LogP contribution in [0.25, 0.3) is 10.9 Å². The molecule has 1 N–H and O–H groups in total. The van der Waals surface area contributed by atoms with Crippen LogP contribution in [0.2, 0.25) is 0 Å². The standard InChI is InChI=1S/C20H21N3O2/c1-13(19-21-17-8-4-3-7-16(17)20(24)22-19)23-11-5-6-14-12-15(25-2)9-10-18(14)23/h3-4,7-10,12-13H,5-6,11H2,1-2H3,(H,21,22,24). The van der Waals surface area contributed by atoms with E-state index in [-0.39, 0.29) is 11.6 Å². The van der Waals surface area contributed by atoms with Crippen molar-refractivity contribution in [1.29, 1.82) is 0 Å². The van der Waals surface area contributed by atoms with Gasteiger partial charge in [0.1, 0.15) is 11.6 Å². The number of H-pyrrole nitrogens is 1. The molecular weight excluding hydrogens is 314 g/mol. The molecule has 3 aromatic rings. The highest BCUT2D eigenvalue weighted by Crippen LogP contribution is 2.35. The normalized spacial score (nSPS) is 15.0. The molecule has 1 aromatic heterocycles. The van der Waals surface area contributed by atoms with Crippen molar-refractivity contribution in [2.75, 3.05) is 18.6 Å². The predicted molar refractivity (Wildman–Crippen MR) is 99.4 cm³/mol. The van der Waals surface area contributed by atoms with Crippen molar-refractivity contribution in [1.82, 2.24) is 9.97 Å². The largest absolute Gasteiger partial charge is 0.497 e. The smallest absolute Gasteiger partial charge is 0.258 e. The first kappa shape index (κ1) is 15.7. The first-order valence-electron chi connectivity index (χ1n) is 8.60. The van der Waals surface area contributed by atoms with Crippen LogP contribution in [-0.2, 0) is 6.42 Å². The summed E-state index contributed by atoms with van der Waals surface area (Å²) in [4.78, 5) is 22.4. The molecule has 0 fully saturated rings. The van der Waals surface area contributed by atoms with Gasteiger partial charge in [-0.1, -0.05) is 12.1 Å². The van der Waals surface area contributed by atoms with Gasteiger partial charge in [-0.05, 0) is 55.7 Å². The second-order valence-electron chi connectivity index (χ2n) is 6.44. The molecule has 1 unspecified atom stereocenters. The minimum absolute atomic E-state index is 0.00949. The van der Waals surface area contributed by atoms with Crippen LogP contribution >= 0.6 is 0 Å². The van der Waals surface area contributed by atoms with E-state index in [9.17, 15) is 4.79 Å². The van der Waals surface area contributed by atoms with Gasteiger partial charge in [0, 0.05) is 12.2 Å². The van der Waals surface area contributed by atoms with Crippen LogP contribution in [0.15, 0.2) is 47.3 Å². The number of anilines is 1. The van der Waals surface area contributed by atoms with Crippen LogP contribution in [0.3, 0.4) is 0 Å². The molecule has 0 bridgehead atoms. The third-order valence-corrected chi connectivity index (χ3v) is 4.94. The summed E-state index contributed by atoms with van der Waals surface area (Å²) in [6.07, 6.45) is 2.11. The Bertz CT molecular complexity index is 980. The van der Waals surface area contributed by atoms with E-state index in [0.717, 1.165) is 30.7 Å². The molecule has 5 nitrogen and oxygen atoms in total. The van der Waals surface area contributed by atoms with Crippen molar-refractivity contribution in [3.63, 3.8) is 0 Å². The van der Waals surface area contributed by atoms with Crippen LogP contribution in [0, 0.1) is 0 Å². The second kappa shape index (κ2) is 6.24. The maximum Gasteiger partial charge on any atom is 0.258 e. The summed E-state index contributed by atoms with van der Waals surface area (Å²) in [7, 11) is 1.69. The number of nitrogens with zero attached hydrogens (tertiary/aromatic N) is 2. The number of fused-ring (bicyclic) bond motifs is 2. The van der Waals surface area contributed by atoms with Crippen LogP contribution in [0.1, 0.15) is 30.8 Å². The molecule has 5 heteroatoms. The number of aryl methyl sites for hydroxylation is 1. The quantitative estimate of drug-likeness (QED) is 0.796. The van der Waals surface area contributed by atoms with Crippen LogP contribution < -0.4 is 15.2 Å². The Morgan fingerprint density at radius 3 is 2.92 bits per heavy atom. The Hall–Kier alpha value is -2.82. The summed E-state index contributed by atoms with van der Waals surface area (Å²) >= 11 is 0. The van der Waals surface area contributed by atoms with Crippen molar-refractivity contribution < 1.29 is 4.74 Å². The minimum atomic E-state index is -0.0839. The average Bonchev–Trinajstić information content (AvgIpc) is 2.66. The first-order valence-corrected chi connectivity index (χ1v) is 8.60. The maximum atomic E-state index is 12.4. The molecule has 0 saturated carbocycles. The molecule has 1 aliphatic rings. The fraction of sp³-hybridized carbons (Fsp3) is 0.300. The Morgan fingerprint density at radius 2 is 2.08 bits per heavy atom. The Kier molecular flexibility index (Phi) is 3.92. The number of hydrogen-bond acceptors (Lipinski definition) is 4. The topological polar surface area (TPSA) is 58.2 Å².